The zero-order valence-electron chi connectivity index (χ0n) is 10.3. The molecular weight excluding hydrogens is 210 g/mol. The van der Waals surface area contributed by atoms with Crippen LogP contribution in [0.5, 0.6) is 0 Å². The first-order chi connectivity index (χ1) is 8.29. The number of nitrogens with one attached hydrogen (secondary N) is 1. The van der Waals surface area contributed by atoms with Gasteiger partial charge >= 0.3 is 0 Å². The van der Waals surface area contributed by atoms with Gasteiger partial charge in [-0.15, -0.1) is 0 Å². The van der Waals surface area contributed by atoms with E-state index in [1.54, 1.807) is 0 Å². The van der Waals surface area contributed by atoms with Gasteiger partial charge in [-0.2, -0.15) is 0 Å². The molecule has 90 valence electrons. The van der Waals surface area contributed by atoms with E-state index < -0.39 is 0 Å². The maximum absolute atomic E-state index is 12.0. The fraction of sp³-hybridized carbons (Fsp3) is 0.400. The van der Waals surface area contributed by atoms with E-state index in [1.807, 2.05) is 12.1 Å². The van der Waals surface area contributed by atoms with Gasteiger partial charge < -0.3 is 5.32 Å². The maximum Gasteiger partial charge on any atom is 0.227 e. The topological polar surface area (TPSA) is 29.1 Å². The van der Waals surface area contributed by atoms with Crippen LogP contribution in [-0.2, 0) is 11.2 Å². The van der Waals surface area contributed by atoms with Crippen molar-refractivity contribution < 1.29 is 4.79 Å². The SMILES string of the molecule is CCc1ccc(NC(=O)C2CC=CCC2)cc1. The zero-order valence-corrected chi connectivity index (χ0v) is 10.3. The molecule has 1 aliphatic carbocycles. The first-order valence-electron chi connectivity index (χ1n) is 6.34. The average Bonchev–Trinajstić information content (AvgIpc) is 2.40. The molecule has 2 rings (SSSR count). The Balaban J connectivity index is 1.95. The third-order valence-electron chi connectivity index (χ3n) is 3.27. The number of aryl methyl sites for hydroxylation is 1. The number of amides is 1. The van der Waals surface area contributed by atoms with Gasteiger partial charge in [-0.1, -0.05) is 31.2 Å². The molecule has 1 atom stereocenters. The molecule has 1 aromatic carbocycles. The quantitative estimate of drug-likeness (QED) is 0.789. The van der Waals surface area contributed by atoms with Gasteiger partial charge in [0.25, 0.3) is 0 Å². The van der Waals surface area contributed by atoms with Crippen LogP contribution < -0.4 is 5.32 Å². The summed E-state index contributed by atoms with van der Waals surface area (Å²) in [5.41, 5.74) is 2.20. The van der Waals surface area contributed by atoms with E-state index in [0.29, 0.717) is 0 Å². The van der Waals surface area contributed by atoms with Crippen LogP contribution in [0.1, 0.15) is 31.7 Å². The molecule has 0 radical (unpaired) electrons. The van der Waals surface area contributed by atoms with Crippen molar-refractivity contribution in [3.63, 3.8) is 0 Å². The molecule has 0 saturated carbocycles. The van der Waals surface area contributed by atoms with Gasteiger partial charge in [0.05, 0.1) is 0 Å². The molecule has 1 aliphatic rings. The number of benzene rings is 1. The van der Waals surface area contributed by atoms with Crippen LogP contribution in [0, 0.1) is 5.92 Å². The highest BCUT2D eigenvalue weighted by Gasteiger charge is 2.18. The normalized spacial score (nSPS) is 19.0. The number of allylic oxidation sites excluding steroid dienone is 2. The Hall–Kier alpha value is -1.57. The van der Waals surface area contributed by atoms with E-state index in [9.17, 15) is 4.79 Å². The Bertz CT molecular complexity index is 405. The number of anilines is 1. The Morgan fingerprint density at radius 3 is 2.65 bits per heavy atom. The Labute approximate surface area is 103 Å². The van der Waals surface area contributed by atoms with E-state index >= 15 is 0 Å². The molecule has 0 aromatic heterocycles. The number of carbonyl (C=O) groups is 1. The van der Waals surface area contributed by atoms with Gasteiger partial charge in [-0.25, -0.2) is 0 Å². The smallest absolute Gasteiger partial charge is 0.227 e. The van der Waals surface area contributed by atoms with Crippen molar-refractivity contribution in [2.75, 3.05) is 5.32 Å². The van der Waals surface area contributed by atoms with E-state index in [4.69, 9.17) is 0 Å². The second kappa shape index (κ2) is 5.67. The zero-order chi connectivity index (χ0) is 12.1. The van der Waals surface area contributed by atoms with E-state index in [-0.39, 0.29) is 11.8 Å². The van der Waals surface area contributed by atoms with E-state index in [1.165, 1.54) is 5.56 Å². The highest BCUT2D eigenvalue weighted by molar-refractivity contribution is 5.92. The third-order valence-corrected chi connectivity index (χ3v) is 3.27. The molecule has 0 saturated heterocycles. The van der Waals surface area contributed by atoms with Gasteiger partial charge in [0.15, 0.2) is 0 Å². The summed E-state index contributed by atoms with van der Waals surface area (Å²) in [5.74, 6) is 0.296. The lowest BCUT2D eigenvalue weighted by Gasteiger charge is -2.17. The van der Waals surface area contributed by atoms with Gasteiger partial charge in [0.2, 0.25) is 5.91 Å². The summed E-state index contributed by atoms with van der Waals surface area (Å²) in [7, 11) is 0. The molecule has 1 aromatic rings. The molecule has 0 fully saturated rings. The van der Waals surface area contributed by atoms with Gasteiger partial charge in [0.1, 0.15) is 0 Å². The summed E-state index contributed by atoms with van der Waals surface area (Å²) in [5, 5.41) is 2.99. The largest absolute Gasteiger partial charge is 0.326 e. The van der Waals surface area contributed by atoms with Crippen LogP contribution in [0.25, 0.3) is 0 Å². The number of hydrogen-bond donors (Lipinski definition) is 1. The van der Waals surface area contributed by atoms with Gasteiger partial charge in [-0.05, 0) is 43.4 Å². The Kier molecular flexibility index (Phi) is 3.97. The number of hydrogen-bond acceptors (Lipinski definition) is 1. The molecule has 0 spiro atoms. The number of rotatable bonds is 3. The molecule has 1 unspecified atom stereocenters. The Morgan fingerprint density at radius 1 is 1.29 bits per heavy atom. The van der Waals surface area contributed by atoms with Crippen molar-refractivity contribution in [3.05, 3.63) is 42.0 Å². The van der Waals surface area contributed by atoms with Crippen LogP contribution in [0.4, 0.5) is 5.69 Å². The standard InChI is InChI=1S/C15H19NO/c1-2-12-8-10-14(11-9-12)16-15(17)13-6-4-3-5-7-13/h3-4,8-11,13H,2,5-7H2,1H3,(H,16,17). The lowest BCUT2D eigenvalue weighted by molar-refractivity contribution is -0.120. The molecule has 1 amide bonds. The lowest BCUT2D eigenvalue weighted by atomic mass is 9.93. The second-order valence-corrected chi connectivity index (χ2v) is 4.52. The summed E-state index contributed by atoms with van der Waals surface area (Å²) < 4.78 is 0. The van der Waals surface area contributed by atoms with Crippen molar-refractivity contribution in [3.8, 4) is 0 Å². The van der Waals surface area contributed by atoms with E-state index in [0.717, 1.165) is 31.4 Å². The molecule has 0 aliphatic heterocycles. The summed E-state index contributed by atoms with van der Waals surface area (Å²) in [6.07, 6.45) is 8.15. The van der Waals surface area contributed by atoms with Crippen molar-refractivity contribution in [2.45, 2.75) is 32.6 Å². The van der Waals surface area contributed by atoms with Crippen LogP contribution in [0.2, 0.25) is 0 Å². The van der Waals surface area contributed by atoms with Crippen LogP contribution in [0.3, 0.4) is 0 Å². The maximum atomic E-state index is 12.0. The third kappa shape index (κ3) is 3.19. The Morgan fingerprint density at radius 2 is 2.06 bits per heavy atom. The summed E-state index contributed by atoms with van der Waals surface area (Å²) in [6, 6.07) is 8.09. The second-order valence-electron chi connectivity index (χ2n) is 4.52. The first kappa shape index (κ1) is 11.9. The minimum Gasteiger partial charge on any atom is -0.326 e. The molecular formula is C15H19NO. The van der Waals surface area contributed by atoms with Crippen LogP contribution in [-0.4, -0.2) is 5.91 Å². The number of carbonyl (C=O) groups excluding carboxylic acids is 1. The van der Waals surface area contributed by atoms with Gasteiger partial charge in [-0.3, -0.25) is 4.79 Å². The summed E-state index contributed by atoms with van der Waals surface area (Å²) >= 11 is 0. The lowest BCUT2D eigenvalue weighted by Crippen LogP contribution is -2.23. The monoisotopic (exact) mass is 229 g/mol. The van der Waals surface area contributed by atoms with Crippen molar-refractivity contribution in [1.82, 2.24) is 0 Å². The molecule has 2 heteroatoms. The predicted octanol–water partition coefficient (Wildman–Crippen LogP) is 3.54. The minimum absolute atomic E-state index is 0.144. The molecule has 2 nitrogen and oxygen atoms in total. The molecule has 0 heterocycles. The van der Waals surface area contributed by atoms with Crippen LogP contribution >= 0.6 is 0 Å². The summed E-state index contributed by atoms with van der Waals surface area (Å²) in [6.45, 7) is 2.13. The highest BCUT2D eigenvalue weighted by atomic mass is 16.1. The van der Waals surface area contributed by atoms with Gasteiger partial charge in [0, 0.05) is 11.6 Å². The minimum atomic E-state index is 0.144. The fourth-order valence-electron chi connectivity index (χ4n) is 2.10. The molecule has 1 N–H and O–H groups in total. The van der Waals surface area contributed by atoms with Crippen molar-refractivity contribution in [2.24, 2.45) is 5.92 Å². The average molecular weight is 229 g/mol. The molecule has 0 bridgehead atoms. The predicted molar refractivity (Wildman–Crippen MR) is 70.9 cm³/mol. The van der Waals surface area contributed by atoms with Crippen molar-refractivity contribution in [1.29, 1.82) is 0 Å². The molecule has 17 heavy (non-hydrogen) atoms. The fourth-order valence-corrected chi connectivity index (χ4v) is 2.10. The van der Waals surface area contributed by atoms with Crippen molar-refractivity contribution >= 4 is 11.6 Å². The van der Waals surface area contributed by atoms with E-state index in [2.05, 4.69) is 36.5 Å². The highest BCUT2D eigenvalue weighted by Crippen LogP contribution is 2.20. The first-order valence-corrected chi connectivity index (χ1v) is 6.34. The summed E-state index contributed by atoms with van der Waals surface area (Å²) in [4.78, 5) is 12.0. The van der Waals surface area contributed by atoms with Crippen LogP contribution in [0.15, 0.2) is 36.4 Å².